The average molecular weight is 463 g/mol. The Morgan fingerprint density at radius 3 is 2.50 bits per heavy atom. The predicted octanol–water partition coefficient (Wildman–Crippen LogP) is 0.990. The van der Waals surface area contributed by atoms with Crippen molar-refractivity contribution in [2.24, 2.45) is 7.05 Å². The first-order valence-electron chi connectivity index (χ1n) is 9.64. The number of carbonyl (C=O) groups is 1. The zero-order valence-corrected chi connectivity index (χ0v) is 18.6. The van der Waals surface area contributed by atoms with Crippen molar-refractivity contribution < 1.29 is 22.7 Å². The number of benzene rings is 1. The van der Waals surface area contributed by atoms with Gasteiger partial charge in [-0.05, 0) is 35.7 Å². The molecule has 0 radical (unpaired) electrons. The number of aromatic nitrogens is 2. The van der Waals surface area contributed by atoms with Gasteiger partial charge in [0.05, 0.1) is 11.3 Å². The molecule has 0 aliphatic rings. The Hall–Kier alpha value is -3.31. The molecular formula is C21H23FN4O5S. The van der Waals surface area contributed by atoms with Gasteiger partial charge in [0, 0.05) is 33.9 Å². The maximum Gasteiger partial charge on any atom is 0.267 e. The van der Waals surface area contributed by atoms with Gasteiger partial charge in [-0.15, -0.1) is 0 Å². The summed E-state index contributed by atoms with van der Waals surface area (Å²) in [6.45, 7) is -0.232. The van der Waals surface area contributed by atoms with Crippen molar-refractivity contribution in [3.8, 4) is 5.75 Å². The summed E-state index contributed by atoms with van der Waals surface area (Å²) >= 11 is 0. The van der Waals surface area contributed by atoms with Crippen LogP contribution in [0.15, 0.2) is 41.3 Å². The number of aryl methyl sites for hydroxylation is 1. The van der Waals surface area contributed by atoms with Crippen LogP contribution in [0.5, 0.6) is 5.75 Å². The average Bonchev–Trinajstić information content (AvgIpc) is 2.73. The largest absolute Gasteiger partial charge is 0.505 e. The second-order valence-electron chi connectivity index (χ2n) is 7.46. The normalized spacial score (nSPS) is 11.8. The molecule has 3 aromatic rings. The fourth-order valence-electron chi connectivity index (χ4n) is 3.13. The van der Waals surface area contributed by atoms with E-state index in [1.807, 2.05) is 0 Å². The maximum atomic E-state index is 13.1. The van der Waals surface area contributed by atoms with Crippen LogP contribution in [0, 0.1) is 5.82 Å². The molecule has 0 saturated heterocycles. The number of hydrogen-bond donors (Lipinski definition) is 2. The molecule has 2 N–H and O–H groups in total. The first kappa shape index (κ1) is 23.4. The number of halogens is 1. The number of nitrogens with zero attached hydrogens (tertiary/aromatic N) is 3. The molecule has 0 bridgehead atoms. The number of fused-ring (bicyclic) bond motifs is 1. The second kappa shape index (κ2) is 9.05. The van der Waals surface area contributed by atoms with Gasteiger partial charge in [-0.1, -0.05) is 12.1 Å². The third kappa shape index (κ3) is 4.78. The predicted molar refractivity (Wildman–Crippen MR) is 118 cm³/mol. The van der Waals surface area contributed by atoms with Gasteiger partial charge in [-0.2, -0.15) is 0 Å². The van der Waals surface area contributed by atoms with E-state index >= 15 is 0 Å². The number of rotatable bonds is 7. The molecule has 1 amide bonds. The third-order valence-electron chi connectivity index (χ3n) is 5.02. The molecule has 0 saturated carbocycles. The van der Waals surface area contributed by atoms with Crippen molar-refractivity contribution in [1.29, 1.82) is 0 Å². The molecule has 170 valence electrons. The molecule has 11 heteroatoms. The minimum Gasteiger partial charge on any atom is -0.505 e. The molecule has 0 unspecified atom stereocenters. The zero-order chi connectivity index (χ0) is 23.6. The molecule has 0 atom stereocenters. The van der Waals surface area contributed by atoms with Crippen LogP contribution in [0.3, 0.4) is 0 Å². The van der Waals surface area contributed by atoms with E-state index in [-0.39, 0.29) is 23.6 Å². The molecular weight excluding hydrogens is 439 g/mol. The van der Waals surface area contributed by atoms with E-state index < -0.39 is 32.8 Å². The van der Waals surface area contributed by atoms with Gasteiger partial charge in [0.15, 0.2) is 5.75 Å². The van der Waals surface area contributed by atoms with E-state index in [0.29, 0.717) is 11.9 Å². The smallest absolute Gasteiger partial charge is 0.267 e. The lowest BCUT2D eigenvalue weighted by atomic mass is 10.1. The number of aromatic hydroxyl groups is 1. The lowest BCUT2D eigenvalue weighted by Gasteiger charge is -2.14. The molecule has 0 spiro atoms. The summed E-state index contributed by atoms with van der Waals surface area (Å²) in [5.41, 5.74) is 0.680. The van der Waals surface area contributed by atoms with E-state index in [2.05, 4.69) is 10.3 Å². The summed E-state index contributed by atoms with van der Waals surface area (Å²) in [6.07, 6.45) is 1.93. The van der Waals surface area contributed by atoms with E-state index in [0.717, 1.165) is 15.4 Å². The van der Waals surface area contributed by atoms with Crippen molar-refractivity contribution >= 4 is 27.0 Å². The Kier molecular flexibility index (Phi) is 6.60. The second-order valence-corrected chi connectivity index (χ2v) is 9.76. The molecule has 9 nitrogen and oxygen atoms in total. The Labute approximate surface area is 184 Å². The highest BCUT2D eigenvalue weighted by Gasteiger charge is 2.23. The van der Waals surface area contributed by atoms with Crippen LogP contribution in [0.1, 0.15) is 21.5 Å². The molecule has 2 aromatic heterocycles. The van der Waals surface area contributed by atoms with E-state index in [1.165, 1.54) is 44.0 Å². The highest BCUT2D eigenvalue weighted by molar-refractivity contribution is 7.89. The van der Waals surface area contributed by atoms with Gasteiger partial charge in [0.2, 0.25) is 10.0 Å². The topological polar surface area (TPSA) is 122 Å². The molecule has 1 aromatic carbocycles. The van der Waals surface area contributed by atoms with E-state index in [4.69, 9.17) is 0 Å². The summed E-state index contributed by atoms with van der Waals surface area (Å²) in [7, 11) is 0.659. The van der Waals surface area contributed by atoms with Crippen LogP contribution in [0.4, 0.5) is 4.39 Å². The summed E-state index contributed by atoms with van der Waals surface area (Å²) in [5, 5.41) is 12.9. The van der Waals surface area contributed by atoms with E-state index in [1.54, 1.807) is 18.2 Å². The number of amides is 1. The Morgan fingerprint density at radius 1 is 1.22 bits per heavy atom. The lowest BCUT2D eigenvalue weighted by molar-refractivity contribution is 0.0951. The maximum absolute atomic E-state index is 13.1. The zero-order valence-electron chi connectivity index (χ0n) is 17.8. The molecule has 3 rings (SSSR count). The van der Waals surface area contributed by atoms with Gasteiger partial charge in [-0.25, -0.2) is 17.1 Å². The summed E-state index contributed by atoms with van der Waals surface area (Å²) in [6, 6.07) is 7.64. The summed E-state index contributed by atoms with van der Waals surface area (Å²) in [5.74, 6) is -2.17. The molecule has 0 fully saturated rings. The summed E-state index contributed by atoms with van der Waals surface area (Å²) in [4.78, 5) is 29.5. The molecule has 2 heterocycles. The van der Waals surface area contributed by atoms with Gasteiger partial charge >= 0.3 is 0 Å². The fourth-order valence-corrected chi connectivity index (χ4v) is 3.86. The van der Waals surface area contributed by atoms with E-state index in [9.17, 15) is 27.5 Å². The van der Waals surface area contributed by atoms with Crippen LogP contribution in [-0.2, 0) is 23.5 Å². The minimum atomic E-state index is -3.53. The van der Waals surface area contributed by atoms with Gasteiger partial charge in [-0.3, -0.25) is 14.6 Å². The Bertz CT molecular complexity index is 1340. The lowest BCUT2D eigenvalue weighted by Crippen LogP contribution is -2.37. The van der Waals surface area contributed by atoms with Gasteiger partial charge < -0.3 is 15.0 Å². The molecule has 0 aliphatic heterocycles. The number of hydrogen-bond acceptors (Lipinski definition) is 6. The minimum absolute atomic E-state index is 0.0565. The van der Waals surface area contributed by atoms with Crippen LogP contribution in [0.2, 0.25) is 0 Å². The number of nitrogens with one attached hydrogen (secondary N) is 1. The highest BCUT2D eigenvalue weighted by Crippen LogP contribution is 2.25. The van der Waals surface area contributed by atoms with Crippen LogP contribution >= 0.6 is 0 Å². The first-order chi connectivity index (χ1) is 15.0. The summed E-state index contributed by atoms with van der Waals surface area (Å²) < 4.78 is 39.0. The van der Waals surface area contributed by atoms with Crippen molar-refractivity contribution in [3.63, 3.8) is 0 Å². The molecule has 0 aliphatic carbocycles. The van der Waals surface area contributed by atoms with Crippen LogP contribution < -0.4 is 10.9 Å². The van der Waals surface area contributed by atoms with Gasteiger partial charge in [0.1, 0.15) is 16.9 Å². The van der Waals surface area contributed by atoms with Crippen molar-refractivity contribution in [2.45, 2.75) is 6.42 Å². The third-order valence-corrected chi connectivity index (χ3v) is 6.85. The van der Waals surface area contributed by atoms with Crippen LogP contribution in [0.25, 0.3) is 11.0 Å². The highest BCUT2D eigenvalue weighted by atomic mass is 32.2. The number of sulfonamides is 1. The Morgan fingerprint density at radius 2 is 1.88 bits per heavy atom. The quantitative estimate of drug-likeness (QED) is 0.540. The number of carbonyl (C=O) groups excluding carboxylic acids is 1. The first-order valence-corrected chi connectivity index (χ1v) is 11.3. The van der Waals surface area contributed by atoms with Crippen molar-refractivity contribution in [1.82, 2.24) is 19.2 Å². The van der Waals surface area contributed by atoms with Crippen LogP contribution in [-0.4, -0.2) is 59.7 Å². The fraction of sp³-hybridized carbons (Fsp3) is 0.286. The van der Waals surface area contributed by atoms with Gasteiger partial charge in [0.25, 0.3) is 11.5 Å². The SMILES string of the molecule is CN(C)S(=O)(=O)CCNC(=O)c1c(O)c2ncc(Cc3ccc(F)cc3)cc2n(C)c1=O. The van der Waals surface area contributed by atoms with Crippen molar-refractivity contribution in [2.75, 3.05) is 26.4 Å². The Balaban J connectivity index is 1.90. The van der Waals surface area contributed by atoms with Crippen molar-refractivity contribution in [3.05, 3.63) is 69.4 Å². The monoisotopic (exact) mass is 462 g/mol. The molecule has 32 heavy (non-hydrogen) atoms. The number of pyridine rings is 2. The standard InChI is InChI=1S/C21H23FN4O5S/c1-25(2)32(30,31)9-8-23-20(28)17-19(27)18-16(26(3)21(17)29)11-14(12-24-18)10-13-4-6-15(22)7-5-13/h4-7,11-12,27H,8-10H2,1-3H3,(H,23,28).